The van der Waals surface area contributed by atoms with Crippen LogP contribution in [0.25, 0.3) is 11.1 Å². The van der Waals surface area contributed by atoms with Crippen molar-refractivity contribution in [3.8, 4) is 16.9 Å². The number of hydrogen-bond acceptors (Lipinski definition) is 6. The predicted molar refractivity (Wildman–Crippen MR) is 144 cm³/mol. The van der Waals surface area contributed by atoms with Crippen LogP contribution in [0.15, 0.2) is 42.7 Å². The third-order valence-electron chi connectivity index (χ3n) is 7.06. The van der Waals surface area contributed by atoms with Crippen LogP contribution < -0.4 is 10.1 Å². The number of fused-ring (bicyclic) bond motifs is 4. The van der Waals surface area contributed by atoms with Crippen LogP contribution in [0, 0.1) is 11.8 Å². The maximum atomic E-state index is 13.4. The molecule has 1 unspecified atom stereocenters. The minimum absolute atomic E-state index is 0.0428. The first-order valence-corrected chi connectivity index (χ1v) is 13.3. The molecule has 1 fully saturated rings. The molecule has 200 valence electrons. The third-order valence-corrected chi connectivity index (χ3v) is 7.06. The van der Waals surface area contributed by atoms with Crippen molar-refractivity contribution in [3.63, 3.8) is 0 Å². The van der Waals surface area contributed by atoms with Crippen molar-refractivity contribution in [1.82, 2.24) is 20.1 Å². The minimum atomic E-state index is -0.498. The van der Waals surface area contributed by atoms with Crippen LogP contribution in [-0.4, -0.2) is 78.8 Å². The molecule has 8 nitrogen and oxygen atoms in total. The predicted octanol–water partition coefficient (Wildman–Crippen LogP) is 4.46. The zero-order valence-electron chi connectivity index (χ0n) is 22.5. The van der Waals surface area contributed by atoms with E-state index in [4.69, 9.17) is 9.47 Å². The standard InChI is InChI=1S/C29H40N4O4/c1-29(2,3)37-28(35)33-13-10-21(11-14-33)24-19-30-12-7-15-36-26-9-6-5-8-25(26)22-16-23(18-31-17-22)27(34)32(4)20-24/h5-6,8-9,16-18,21,24,30H,7,10-15,19-20H2,1-4H3. The number of ether oxygens (including phenoxy) is 2. The molecule has 1 aromatic heterocycles. The van der Waals surface area contributed by atoms with Crippen molar-refractivity contribution in [1.29, 1.82) is 0 Å². The Morgan fingerprint density at radius 2 is 1.84 bits per heavy atom. The van der Waals surface area contributed by atoms with Crippen molar-refractivity contribution >= 4 is 12.0 Å². The van der Waals surface area contributed by atoms with E-state index in [0.717, 1.165) is 49.2 Å². The zero-order chi connectivity index (χ0) is 26.4. The molecule has 4 rings (SSSR count). The number of carbonyl (C=O) groups is 2. The molecule has 1 atom stereocenters. The highest BCUT2D eigenvalue weighted by Crippen LogP contribution is 2.31. The molecule has 2 amide bonds. The van der Waals surface area contributed by atoms with E-state index < -0.39 is 5.60 Å². The lowest BCUT2D eigenvalue weighted by Gasteiger charge is -2.38. The fraction of sp³-hybridized carbons (Fsp3) is 0.552. The Balaban J connectivity index is 1.48. The smallest absolute Gasteiger partial charge is 0.410 e. The van der Waals surface area contributed by atoms with Crippen LogP contribution in [-0.2, 0) is 4.74 Å². The van der Waals surface area contributed by atoms with Crippen LogP contribution in [0.3, 0.4) is 0 Å². The number of amides is 2. The molecule has 1 aromatic carbocycles. The second-order valence-corrected chi connectivity index (χ2v) is 11.1. The molecule has 0 spiro atoms. The van der Waals surface area contributed by atoms with Gasteiger partial charge >= 0.3 is 6.09 Å². The van der Waals surface area contributed by atoms with E-state index in [1.54, 1.807) is 12.4 Å². The number of benzene rings is 1. The molecule has 0 radical (unpaired) electrons. The summed E-state index contributed by atoms with van der Waals surface area (Å²) < 4.78 is 11.7. The van der Waals surface area contributed by atoms with Gasteiger partial charge in [0.1, 0.15) is 11.4 Å². The summed E-state index contributed by atoms with van der Waals surface area (Å²) in [5, 5.41) is 3.60. The Morgan fingerprint density at radius 3 is 2.59 bits per heavy atom. The molecule has 2 bridgehead atoms. The summed E-state index contributed by atoms with van der Waals surface area (Å²) in [6, 6.07) is 9.79. The quantitative estimate of drug-likeness (QED) is 0.613. The Labute approximate surface area is 220 Å². The van der Waals surface area contributed by atoms with Crippen molar-refractivity contribution in [2.45, 2.75) is 45.6 Å². The van der Waals surface area contributed by atoms with Crippen molar-refractivity contribution < 1.29 is 19.1 Å². The van der Waals surface area contributed by atoms with Gasteiger partial charge in [-0.25, -0.2) is 4.79 Å². The average molecular weight is 509 g/mol. The first kappa shape index (κ1) is 26.9. The fourth-order valence-corrected chi connectivity index (χ4v) is 5.12. The number of nitrogens with one attached hydrogen (secondary N) is 1. The lowest BCUT2D eigenvalue weighted by atomic mass is 9.83. The number of aromatic nitrogens is 1. The van der Waals surface area contributed by atoms with Crippen molar-refractivity contribution in [2.75, 3.05) is 46.4 Å². The third kappa shape index (κ3) is 7.22. The van der Waals surface area contributed by atoms with Crippen LogP contribution >= 0.6 is 0 Å². The maximum Gasteiger partial charge on any atom is 0.410 e. The number of likely N-dealkylation sites (tertiary alicyclic amines) is 1. The summed E-state index contributed by atoms with van der Waals surface area (Å²) in [6.07, 6.45) is 5.83. The number of para-hydroxylation sites is 1. The van der Waals surface area contributed by atoms with Gasteiger partial charge in [0.2, 0.25) is 0 Å². The summed E-state index contributed by atoms with van der Waals surface area (Å²) in [4.78, 5) is 33.9. The summed E-state index contributed by atoms with van der Waals surface area (Å²) >= 11 is 0. The highest BCUT2D eigenvalue weighted by atomic mass is 16.6. The highest BCUT2D eigenvalue weighted by molar-refractivity contribution is 5.95. The summed E-state index contributed by atoms with van der Waals surface area (Å²) in [5.74, 6) is 1.43. The molecule has 8 heteroatoms. The first-order chi connectivity index (χ1) is 17.7. The lowest BCUT2D eigenvalue weighted by Crippen LogP contribution is -2.46. The molecule has 2 aliphatic heterocycles. The average Bonchev–Trinajstić information content (AvgIpc) is 2.88. The number of rotatable bonds is 1. The van der Waals surface area contributed by atoms with E-state index in [1.165, 1.54) is 0 Å². The topological polar surface area (TPSA) is 84.0 Å². The number of hydrogen-bond donors (Lipinski definition) is 1. The Morgan fingerprint density at radius 1 is 1.11 bits per heavy atom. The molecule has 1 saturated heterocycles. The van der Waals surface area contributed by atoms with Gasteiger partial charge in [0.05, 0.1) is 12.2 Å². The van der Waals surface area contributed by atoms with Gasteiger partial charge in [0.15, 0.2) is 0 Å². The maximum absolute atomic E-state index is 13.4. The van der Waals surface area contributed by atoms with Crippen LogP contribution in [0.5, 0.6) is 5.75 Å². The molecular weight excluding hydrogens is 468 g/mol. The summed E-state index contributed by atoms with van der Waals surface area (Å²) in [7, 11) is 1.87. The molecular formula is C29H40N4O4. The largest absolute Gasteiger partial charge is 0.493 e. The van der Waals surface area contributed by atoms with Crippen molar-refractivity contribution in [2.24, 2.45) is 11.8 Å². The summed E-state index contributed by atoms with van der Waals surface area (Å²) in [5.41, 5.74) is 1.87. The molecule has 0 saturated carbocycles. The van der Waals surface area contributed by atoms with Gasteiger partial charge in [-0.2, -0.15) is 0 Å². The van der Waals surface area contributed by atoms with E-state index >= 15 is 0 Å². The van der Waals surface area contributed by atoms with E-state index in [1.807, 2.05) is 68.0 Å². The molecule has 2 aliphatic rings. The van der Waals surface area contributed by atoms with Gasteiger partial charge in [-0.15, -0.1) is 0 Å². The number of pyridine rings is 1. The van der Waals surface area contributed by atoms with Crippen LogP contribution in [0.1, 0.15) is 50.4 Å². The second-order valence-electron chi connectivity index (χ2n) is 11.1. The normalized spacial score (nSPS) is 20.3. The van der Waals surface area contributed by atoms with Crippen LogP contribution in [0.2, 0.25) is 0 Å². The molecule has 0 aliphatic carbocycles. The highest BCUT2D eigenvalue weighted by Gasteiger charge is 2.32. The van der Waals surface area contributed by atoms with Gasteiger partial charge in [0.25, 0.3) is 5.91 Å². The summed E-state index contributed by atoms with van der Waals surface area (Å²) in [6.45, 7) is 9.91. The van der Waals surface area contributed by atoms with Crippen LogP contribution in [0.4, 0.5) is 4.79 Å². The number of carbonyl (C=O) groups excluding carboxylic acids is 2. The Bertz CT molecular complexity index is 1080. The van der Waals surface area contributed by atoms with Gasteiger partial charge < -0.3 is 24.6 Å². The molecule has 1 N–H and O–H groups in total. The van der Waals surface area contributed by atoms with Gasteiger partial charge in [-0.3, -0.25) is 9.78 Å². The molecule has 3 heterocycles. The Hall–Kier alpha value is -3.13. The zero-order valence-corrected chi connectivity index (χ0v) is 22.5. The number of nitrogens with zero attached hydrogens (tertiary/aromatic N) is 3. The molecule has 37 heavy (non-hydrogen) atoms. The lowest BCUT2D eigenvalue weighted by molar-refractivity contribution is 0.0152. The SMILES string of the molecule is CN1CC(C2CCN(C(=O)OC(C)(C)C)CC2)CNCCCOc2ccccc2-c2cncc(c2)C1=O. The number of piperidine rings is 1. The van der Waals surface area contributed by atoms with E-state index in [0.29, 0.717) is 37.7 Å². The molecule has 2 aromatic rings. The fourth-order valence-electron chi connectivity index (χ4n) is 5.12. The monoisotopic (exact) mass is 508 g/mol. The van der Waals surface area contributed by atoms with E-state index in [9.17, 15) is 9.59 Å². The van der Waals surface area contributed by atoms with Gasteiger partial charge in [0, 0.05) is 50.2 Å². The van der Waals surface area contributed by atoms with Crippen molar-refractivity contribution in [3.05, 3.63) is 48.3 Å². The first-order valence-electron chi connectivity index (χ1n) is 13.3. The Kier molecular flexibility index (Phi) is 8.69. The minimum Gasteiger partial charge on any atom is -0.493 e. The van der Waals surface area contributed by atoms with E-state index in [2.05, 4.69) is 10.3 Å². The van der Waals surface area contributed by atoms with E-state index in [-0.39, 0.29) is 17.9 Å². The van der Waals surface area contributed by atoms with Gasteiger partial charge in [-0.1, -0.05) is 18.2 Å². The second kappa shape index (κ2) is 11.9. The van der Waals surface area contributed by atoms with Gasteiger partial charge in [-0.05, 0) is 77.1 Å².